The van der Waals surface area contributed by atoms with Gasteiger partial charge in [0.15, 0.2) is 0 Å². The molecule has 0 atom stereocenters. The van der Waals surface area contributed by atoms with E-state index >= 15 is 0 Å². The lowest BCUT2D eigenvalue weighted by Crippen LogP contribution is -2.40. The molecule has 0 bridgehead atoms. The Morgan fingerprint density at radius 3 is 2.27 bits per heavy atom. The number of aryl methyl sites for hydroxylation is 2. The first-order valence-corrected chi connectivity index (χ1v) is 8.65. The van der Waals surface area contributed by atoms with E-state index in [-0.39, 0.29) is 5.54 Å². The molecule has 1 aliphatic rings. The van der Waals surface area contributed by atoms with Crippen LogP contribution in [0.5, 0.6) is 0 Å². The lowest BCUT2D eigenvalue weighted by atomic mass is 9.88. The van der Waals surface area contributed by atoms with Crippen LogP contribution in [0.15, 0.2) is 54.6 Å². The molecular formula is C21H27N. The van der Waals surface area contributed by atoms with Crippen LogP contribution in [0.3, 0.4) is 0 Å². The molecular weight excluding hydrogens is 266 g/mol. The molecule has 0 aliphatic heterocycles. The van der Waals surface area contributed by atoms with Crippen molar-refractivity contribution in [2.45, 2.75) is 51.0 Å². The van der Waals surface area contributed by atoms with E-state index < -0.39 is 0 Å². The average Bonchev–Trinajstić information content (AvgIpc) is 3.04. The fourth-order valence-corrected chi connectivity index (χ4v) is 3.68. The van der Waals surface area contributed by atoms with Crippen LogP contribution in [0.1, 0.15) is 48.8 Å². The molecule has 0 spiro atoms. The maximum atomic E-state index is 3.89. The molecule has 1 N–H and O–H groups in total. The summed E-state index contributed by atoms with van der Waals surface area (Å²) in [7, 11) is 0. The highest BCUT2D eigenvalue weighted by Gasteiger charge is 2.34. The Labute approximate surface area is 134 Å². The van der Waals surface area contributed by atoms with Crippen LogP contribution in [0, 0.1) is 6.92 Å². The quantitative estimate of drug-likeness (QED) is 0.740. The predicted molar refractivity (Wildman–Crippen MR) is 94.1 cm³/mol. The zero-order chi connectivity index (χ0) is 15.3. The van der Waals surface area contributed by atoms with E-state index in [2.05, 4.69) is 66.8 Å². The molecule has 0 amide bonds. The molecule has 1 nitrogen and oxygen atoms in total. The summed E-state index contributed by atoms with van der Waals surface area (Å²) in [5, 5.41) is 3.89. The summed E-state index contributed by atoms with van der Waals surface area (Å²) in [6.45, 7) is 3.25. The van der Waals surface area contributed by atoms with Crippen molar-refractivity contribution in [2.24, 2.45) is 0 Å². The normalized spacial score (nSPS) is 16.8. The van der Waals surface area contributed by atoms with Crippen LogP contribution in [0.4, 0.5) is 0 Å². The van der Waals surface area contributed by atoms with Gasteiger partial charge in [-0.25, -0.2) is 0 Å². The summed E-state index contributed by atoms with van der Waals surface area (Å²) in [6, 6.07) is 20.0. The van der Waals surface area contributed by atoms with Gasteiger partial charge in [0.05, 0.1) is 0 Å². The van der Waals surface area contributed by atoms with Gasteiger partial charge in [-0.2, -0.15) is 0 Å². The van der Waals surface area contributed by atoms with Gasteiger partial charge in [-0.3, -0.25) is 0 Å². The average molecular weight is 293 g/mol. The number of nitrogens with one attached hydrogen (secondary N) is 1. The maximum absolute atomic E-state index is 3.89. The third-order valence-electron chi connectivity index (χ3n) is 5.01. The van der Waals surface area contributed by atoms with Crippen molar-refractivity contribution in [3.8, 4) is 0 Å². The number of rotatable bonds is 6. The molecule has 116 valence electrons. The second kappa shape index (κ2) is 7.11. The number of hydrogen-bond donors (Lipinski definition) is 1. The van der Waals surface area contributed by atoms with E-state index in [0.717, 1.165) is 13.0 Å². The van der Waals surface area contributed by atoms with Gasteiger partial charge >= 0.3 is 0 Å². The van der Waals surface area contributed by atoms with Crippen molar-refractivity contribution in [3.05, 3.63) is 71.3 Å². The van der Waals surface area contributed by atoms with Crippen LogP contribution in [-0.4, -0.2) is 6.54 Å². The Morgan fingerprint density at radius 2 is 1.59 bits per heavy atom. The molecule has 22 heavy (non-hydrogen) atoms. The van der Waals surface area contributed by atoms with Gasteiger partial charge in [-0.15, -0.1) is 0 Å². The summed E-state index contributed by atoms with van der Waals surface area (Å²) in [4.78, 5) is 0. The van der Waals surface area contributed by atoms with E-state index in [9.17, 15) is 0 Å². The van der Waals surface area contributed by atoms with Crippen LogP contribution in [0.2, 0.25) is 0 Å². The second-order valence-corrected chi connectivity index (χ2v) is 6.67. The first kappa shape index (κ1) is 15.3. The maximum Gasteiger partial charge on any atom is 0.0434 e. The molecule has 0 unspecified atom stereocenters. The van der Waals surface area contributed by atoms with E-state index in [1.54, 1.807) is 0 Å². The highest BCUT2D eigenvalue weighted by atomic mass is 15.0. The molecule has 0 heterocycles. The lowest BCUT2D eigenvalue weighted by Gasteiger charge is -2.31. The second-order valence-electron chi connectivity index (χ2n) is 6.67. The minimum Gasteiger partial charge on any atom is -0.307 e. The van der Waals surface area contributed by atoms with Crippen molar-refractivity contribution in [2.75, 3.05) is 6.54 Å². The van der Waals surface area contributed by atoms with E-state index in [1.807, 2.05) is 0 Å². The highest BCUT2D eigenvalue weighted by Crippen LogP contribution is 2.38. The minimum atomic E-state index is 0.231. The molecule has 0 radical (unpaired) electrons. The van der Waals surface area contributed by atoms with Crippen molar-refractivity contribution < 1.29 is 0 Å². The molecule has 1 saturated carbocycles. The Balaban J connectivity index is 1.55. The zero-order valence-electron chi connectivity index (χ0n) is 13.6. The first-order valence-electron chi connectivity index (χ1n) is 8.65. The van der Waals surface area contributed by atoms with Crippen LogP contribution in [0.25, 0.3) is 0 Å². The van der Waals surface area contributed by atoms with E-state index in [4.69, 9.17) is 0 Å². The molecule has 0 aromatic heterocycles. The summed E-state index contributed by atoms with van der Waals surface area (Å²) < 4.78 is 0. The van der Waals surface area contributed by atoms with Gasteiger partial charge in [-0.1, -0.05) is 73.0 Å². The van der Waals surface area contributed by atoms with Gasteiger partial charge in [0.25, 0.3) is 0 Å². The molecule has 2 aromatic rings. The molecule has 0 saturated heterocycles. The summed E-state index contributed by atoms with van der Waals surface area (Å²) >= 11 is 0. The van der Waals surface area contributed by atoms with Gasteiger partial charge in [-0.05, 0) is 50.3 Å². The van der Waals surface area contributed by atoms with E-state index in [0.29, 0.717) is 0 Å². The third-order valence-corrected chi connectivity index (χ3v) is 5.01. The fraction of sp³-hybridized carbons (Fsp3) is 0.429. The fourth-order valence-electron chi connectivity index (χ4n) is 3.68. The van der Waals surface area contributed by atoms with Crippen LogP contribution < -0.4 is 5.32 Å². The number of benzene rings is 2. The van der Waals surface area contributed by atoms with Crippen LogP contribution in [-0.2, 0) is 12.0 Å². The SMILES string of the molecule is Cc1ccc(CCCNC2(c3ccccc3)CCCC2)cc1. The predicted octanol–water partition coefficient (Wildman–Crippen LogP) is 4.99. The smallest absolute Gasteiger partial charge is 0.0434 e. The van der Waals surface area contributed by atoms with Gasteiger partial charge < -0.3 is 5.32 Å². The molecule has 1 aliphatic carbocycles. The molecule has 3 rings (SSSR count). The zero-order valence-corrected chi connectivity index (χ0v) is 13.6. The summed E-state index contributed by atoms with van der Waals surface area (Å²) in [5.74, 6) is 0. The Morgan fingerprint density at radius 1 is 0.909 bits per heavy atom. The minimum absolute atomic E-state index is 0.231. The van der Waals surface area contributed by atoms with E-state index in [1.165, 1.54) is 48.8 Å². The molecule has 1 fully saturated rings. The standard InChI is InChI=1S/C21H27N/c1-18-11-13-19(14-12-18)8-7-17-22-21(15-5-6-16-21)20-9-3-2-4-10-20/h2-4,9-14,22H,5-8,15-17H2,1H3. The number of hydrogen-bond acceptors (Lipinski definition) is 1. The largest absolute Gasteiger partial charge is 0.307 e. The summed E-state index contributed by atoms with van der Waals surface area (Å²) in [6.07, 6.45) is 7.62. The first-order chi connectivity index (χ1) is 10.8. The van der Waals surface area contributed by atoms with Crippen molar-refractivity contribution in [1.82, 2.24) is 5.32 Å². The van der Waals surface area contributed by atoms with Crippen molar-refractivity contribution in [1.29, 1.82) is 0 Å². The van der Waals surface area contributed by atoms with Crippen LogP contribution >= 0.6 is 0 Å². The topological polar surface area (TPSA) is 12.0 Å². The monoisotopic (exact) mass is 293 g/mol. The van der Waals surface area contributed by atoms with Crippen molar-refractivity contribution >= 4 is 0 Å². The van der Waals surface area contributed by atoms with Gasteiger partial charge in [0.2, 0.25) is 0 Å². The van der Waals surface area contributed by atoms with Gasteiger partial charge in [0.1, 0.15) is 0 Å². The highest BCUT2D eigenvalue weighted by molar-refractivity contribution is 5.26. The Bertz CT molecular complexity index is 565. The molecule has 2 aromatic carbocycles. The summed E-state index contributed by atoms with van der Waals surface area (Å²) in [5.41, 5.74) is 4.50. The Hall–Kier alpha value is -1.60. The third kappa shape index (κ3) is 3.59. The lowest BCUT2D eigenvalue weighted by molar-refractivity contribution is 0.340. The van der Waals surface area contributed by atoms with Gasteiger partial charge in [0, 0.05) is 5.54 Å². The Kier molecular flexibility index (Phi) is 4.94. The molecule has 1 heteroatoms. The van der Waals surface area contributed by atoms with Crippen molar-refractivity contribution in [3.63, 3.8) is 0 Å².